The van der Waals surface area contributed by atoms with Gasteiger partial charge in [-0.25, -0.2) is 8.78 Å². The Kier molecular flexibility index (Phi) is 11.9. The summed E-state index contributed by atoms with van der Waals surface area (Å²) in [6, 6.07) is 0. The summed E-state index contributed by atoms with van der Waals surface area (Å²) in [6.45, 7) is 10.9. The highest BCUT2D eigenvalue weighted by Crippen LogP contribution is 2.31. The molecule has 0 spiro atoms. The third kappa shape index (κ3) is 8.20. The fraction of sp³-hybridized carbons (Fsp3) is 0.826. The number of allylic oxidation sites excluding steroid dienone is 4. The maximum absolute atomic E-state index is 14.5. The molecule has 1 aliphatic rings. The molecule has 1 saturated heterocycles. The van der Waals surface area contributed by atoms with Gasteiger partial charge in [0.15, 0.2) is 11.7 Å². The maximum atomic E-state index is 14.5. The Balaban J connectivity index is 2.43. The van der Waals surface area contributed by atoms with Crippen LogP contribution in [0.3, 0.4) is 0 Å². The van der Waals surface area contributed by atoms with Crippen LogP contribution < -0.4 is 0 Å². The standard InChI is InChI=1S/C23H40F2O3/c1-7-9-19-12-13-20(28-14-19)15-27-17(4)11-10-16(3)21(8-2)23(25)22(24)18(5)26-6/h16-17,19-20H,7-15H2,1-6H3/b22-18-,23-21-. The van der Waals surface area contributed by atoms with Gasteiger partial charge < -0.3 is 14.2 Å². The van der Waals surface area contributed by atoms with E-state index in [2.05, 4.69) is 6.92 Å². The number of methoxy groups -OCH3 is 1. The third-order valence-electron chi connectivity index (χ3n) is 5.80. The Morgan fingerprint density at radius 3 is 2.36 bits per heavy atom. The molecule has 28 heavy (non-hydrogen) atoms. The van der Waals surface area contributed by atoms with Crippen molar-refractivity contribution < 1.29 is 23.0 Å². The van der Waals surface area contributed by atoms with Gasteiger partial charge in [0.2, 0.25) is 0 Å². The van der Waals surface area contributed by atoms with Gasteiger partial charge in [-0.3, -0.25) is 0 Å². The zero-order valence-electron chi connectivity index (χ0n) is 18.7. The quantitative estimate of drug-likeness (QED) is 0.263. The Labute approximate surface area is 170 Å². The first-order valence-electron chi connectivity index (χ1n) is 10.9. The first-order chi connectivity index (χ1) is 13.3. The molecule has 164 valence electrons. The van der Waals surface area contributed by atoms with Crippen molar-refractivity contribution in [1.82, 2.24) is 0 Å². The minimum Gasteiger partial charge on any atom is -0.498 e. The highest BCUT2D eigenvalue weighted by molar-refractivity contribution is 5.28. The molecule has 0 aromatic heterocycles. The third-order valence-corrected chi connectivity index (χ3v) is 5.80. The Hall–Kier alpha value is -0.940. The lowest BCUT2D eigenvalue weighted by atomic mass is 9.91. The van der Waals surface area contributed by atoms with Crippen molar-refractivity contribution in [2.75, 3.05) is 20.3 Å². The highest BCUT2D eigenvalue weighted by atomic mass is 19.2. The van der Waals surface area contributed by atoms with Gasteiger partial charge in [0.1, 0.15) is 5.76 Å². The van der Waals surface area contributed by atoms with Gasteiger partial charge in [-0.05, 0) is 69.8 Å². The largest absolute Gasteiger partial charge is 0.498 e. The van der Waals surface area contributed by atoms with E-state index in [1.165, 1.54) is 33.3 Å². The van der Waals surface area contributed by atoms with Crippen LogP contribution in [0.15, 0.2) is 23.0 Å². The molecule has 5 heteroatoms. The van der Waals surface area contributed by atoms with Crippen LogP contribution in [0.25, 0.3) is 0 Å². The van der Waals surface area contributed by atoms with E-state index >= 15 is 0 Å². The van der Waals surface area contributed by atoms with Crippen molar-refractivity contribution in [3.05, 3.63) is 23.0 Å². The van der Waals surface area contributed by atoms with Gasteiger partial charge in [0, 0.05) is 6.61 Å². The average molecular weight is 403 g/mol. The zero-order valence-corrected chi connectivity index (χ0v) is 18.7. The summed E-state index contributed by atoms with van der Waals surface area (Å²) in [5, 5.41) is 0. The van der Waals surface area contributed by atoms with Crippen LogP contribution in [0.1, 0.15) is 79.6 Å². The van der Waals surface area contributed by atoms with E-state index in [0.717, 1.165) is 25.9 Å². The van der Waals surface area contributed by atoms with Crippen LogP contribution in [0.2, 0.25) is 0 Å². The number of rotatable bonds is 12. The lowest BCUT2D eigenvalue weighted by Gasteiger charge is -2.29. The summed E-state index contributed by atoms with van der Waals surface area (Å²) in [4.78, 5) is 0. The van der Waals surface area contributed by atoms with Crippen molar-refractivity contribution in [2.45, 2.75) is 91.8 Å². The normalized spacial score (nSPS) is 24.3. The molecule has 0 saturated carbocycles. The van der Waals surface area contributed by atoms with Gasteiger partial charge >= 0.3 is 0 Å². The fourth-order valence-electron chi connectivity index (χ4n) is 3.75. The van der Waals surface area contributed by atoms with Gasteiger partial charge in [-0.1, -0.05) is 27.2 Å². The second-order valence-corrected chi connectivity index (χ2v) is 8.08. The lowest BCUT2D eigenvalue weighted by Crippen LogP contribution is -2.30. The Bertz CT molecular complexity index is 508. The second-order valence-electron chi connectivity index (χ2n) is 8.08. The van der Waals surface area contributed by atoms with Crippen LogP contribution in [-0.4, -0.2) is 32.5 Å². The molecular weight excluding hydrogens is 362 g/mol. The van der Waals surface area contributed by atoms with Gasteiger partial charge in [-0.2, -0.15) is 0 Å². The highest BCUT2D eigenvalue weighted by Gasteiger charge is 2.23. The molecule has 4 unspecified atom stereocenters. The van der Waals surface area contributed by atoms with Crippen LogP contribution in [-0.2, 0) is 14.2 Å². The smallest absolute Gasteiger partial charge is 0.195 e. The molecule has 4 atom stereocenters. The molecule has 1 heterocycles. The topological polar surface area (TPSA) is 27.7 Å². The van der Waals surface area contributed by atoms with Crippen LogP contribution in [0.5, 0.6) is 0 Å². The van der Waals surface area contributed by atoms with E-state index in [4.69, 9.17) is 14.2 Å². The summed E-state index contributed by atoms with van der Waals surface area (Å²) >= 11 is 0. The molecule has 0 aromatic rings. The monoisotopic (exact) mass is 402 g/mol. The SMILES string of the molecule is CCCC1CCC(COC(C)CCC(C)/C(CC)=C(F)/C(F)=C(\C)OC)OC1. The summed E-state index contributed by atoms with van der Waals surface area (Å²) in [5.41, 5.74) is 0.499. The van der Waals surface area contributed by atoms with Crippen molar-refractivity contribution in [3.8, 4) is 0 Å². The lowest BCUT2D eigenvalue weighted by molar-refractivity contribution is -0.0780. The molecule has 1 aliphatic heterocycles. The first-order valence-corrected chi connectivity index (χ1v) is 10.9. The van der Waals surface area contributed by atoms with E-state index in [1.807, 2.05) is 20.8 Å². The number of ether oxygens (including phenoxy) is 3. The molecule has 0 aliphatic carbocycles. The van der Waals surface area contributed by atoms with E-state index in [9.17, 15) is 8.78 Å². The molecule has 0 bridgehead atoms. The van der Waals surface area contributed by atoms with Crippen molar-refractivity contribution in [1.29, 1.82) is 0 Å². The summed E-state index contributed by atoms with van der Waals surface area (Å²) in [7, 11) is 1.34. The van der Waals surface area contributed by atoms with Gasteiger partial charge in [0.25, 0.3) is 0 Å². The zero-order chi connectivity index (χ0) is 21.1. The van der Waals surface area contributed by atoms with Crippen molar-refractivity contribution in [3.63, 3.8) is 0 Å². The summed E-state index contributed by atoms with van der Waals surface area (Å²) in [5.74, 6) is -1.05. The summed E-state index contributed by atoms with van der Waals surface area (Å²) < 4.78 is 45.2. The minimum absolute atomic E-state index is 0.0268. The van der Waals surface area contributed by atoms with Gasteiger partial charge in [-0.15, -0.1) is 0 Å². The molecule has 1 fully saturated rings. The predicted octanol–water partition coefficient (Wildman–Crippen LogP) is 6.88. The maximum Gasteiger partial charge on any atom is 0.195 e. The minimum atomic E-state index is -0.897. The van der Waals surface area contributed by atoms with Crippen LogP contribution in [0, 0.1) is 11.8 Å². The molecule has 0 amide bonds. The van der Waals surface area contributed by atoms with E-state index in [-0.39, 0.29) is 23.9 Å². The van der Waals surface area contributed by atoms with Crippen molar-refractivity contribution in [2.24, 2.45) is 11.8 Å². The fourth-order valence-corrected chi connectivity index (χ4v) is 3.75. The van der Waals surface area contributed by atoms with Crippen molar-refractivity contribution >= 4 is 0 Å². The molecule has 0 N–H and O–H groups in total. The average Bonchev–Trinajstić information content (AvgIpc) is 2.71. The van der Waals surface area contributed by atoms with E-state index in [1.54, 1.807) is 0 Å². The first kappa shape index (κ1) is 25.1. The second kappa shape index (κ2) is 13.3. The van der Waals surface area contributed by atoms with E-state index < -0.39 is 11.7 Å². The molecule has 3 nitrogen and oxygen atoms in total. The molecule has 0 radical (unpaired) electrons. The van der Waals surface area contributed by atoms with Gasteiger partial charge in [0.05, 0.1) is 25.9 Å². The molecule has 1 rings (SSSR count). The number of hydrogen-bond acceptors (Lipinski definition) is 3. The Morgan fingerprint density at radius 1 is 1.11 bits per heavy atom. The molecular formula is C23H40F2O3. The Morgan fingerprint density at radius 2 is 1.82 bits per heavy atom. The summed E-state index contributed by atoms with van der Waals surface area (Å²) in [6.07, 6.45) is 7.02. The van der Waals surface area contributed by atoms with Crippen LogP contribution in [0.4, 0.5) is 8.78 Å². The number of hydrogen-bond donors (Lipinski definition) is 0. The number of halogens is 2. The van der Waals surface area contributed by atoms with E-state index in [0.29, 0.717) is 24.5 Å². The molecule has 0 aromatic carbocycles. The predicted molar refractivity (Wildman–Crippen MR) is 110 cm³/mol. The van der Waals surface area contributed by atoms with Crippen LogP contribution >= 0.6 is 0 Å².